The molecule has 0 aliphatic heterocycles. The highest BCUT2D eigenvalue weighted by Crippen LogP contribution is 2.22. The number of amides is 1. The Hall–Kier alpha value is -3.56. The van der Waals surface area contributed by atoms with Crippen LogP contribution in [0.5, 0.6) is 0 Å². The molecule has 10 heteroatoms. The number of hydrogen-bond acceptors (Lipinski definition) is 4. The lowest BCUT2D eigenvalue weighted by Gasteiger charge is -2.15. The Kier molecular flexibility index (Phi) is 5.21. The van der Waals surface area contributed by atoms with Crippen molar-refractivity contribution >= 4 is 5.91 Å². The van der Waals surface area contributed by atoms with Gasteiger partial charge in [-0.15, -0.1) is 0 Å². The first-order valence-electron chi connectivity index (χ1n) is 8.35. The standard InChI is InChI=1S/C18H17F2N5O3/c1-10(22-17(27)9-24-6-5-16(26)23-18(24)28)13-8-21-25(11(13)2)15-4-3-12(19)7-14(15)20/h3-8,10H,9H2,1-2H3,(H,22,27)(H,23,26,28)/t10-/m0/s1. The van der Waals surface area contributed by atoms with E-state index < -0.39 is 34.8 Å². The van der Waals surface area contributed by atoms with E-state index in [2.05, 4.69) is 15.4 Å². The Morgan fingerprint density at radius 2 is 2.04 bits per heavy atom. The van der Waals surface area contributed by atoms with E-state index >= 15 is 0 Å². The number of aromatic nitrogens is 4. The van der Waals surface area contributed by atoms with Gasteiger partial charge in [-0.1, -0.05) is 0 Å². The quantitative estimate of drug-likeness (QED) is 0.684. The van der Waals surface area contributed by atoms with Crippen molar-refractivity contribution < 1.29 is 13.6 Å². The highest BCUT2D eigenvalue weighted by atomic mass is 19.1. The first-order chi connectivity index (χ1) is 13.3. The highest BCUT2D eigenvalue weighted by Gasteiger charge is 2.18. The molecule has 2 N–H and O–H groups in total. The summed E-state index contributed by atoms with van der Waals surface area (Å²) < 4.78 is 29.5. The van der Waals surface area contributed by atoms with E-state index in [-0.39, 0.29) is 12.2 Å². The van der Waals surface area contributed by atoms with Crippen LogP contribution in [0.4, 0.5) is 8.78 Å². The smallest absolute Gasteiger partial charge is 0.328 e. The van der Waals surface area contributed by atoms with Crippen molar-refractivity contribution in [3.8, 4) is 5.69 Å². The van der Waals surface area contributed by atoms with Gasteiger partial charge in [0.1, 0.15) is 18.0 Å². The van der Waals surface area contributed by atoms with Gasteiger partial charge in [0, 0.05) is 29.6 Å². The predicted molar refractivity (Wildman–Crippen MR) is 96.1 cm³/mol. The van der Waals surface area contributed by atoms with Crippen molar-refractivity contribution in [3.63, 3.8) is 0 Å². The monoisotopic (exact) mass is 389 g/mol. The Balaban J connectivity index is 1.77. The van der Waals surface area contributed by atoms with E-state index in [0.717, 1.165) is 22.8 Å². The largest absolute Gasteiger partial charge is 0.348 e. The summed E-state index contributed by atoms with van der Waals surface area (Å²) in [6, 6.07) is 3.84. The molecule has 0 aliphatic rings. The molecule has 1 atom stereocenters. The van der Waals surface area contributed by atoms with Gasteiger partial charge in [-0.3, -0.25) is 19.1 Å². The van der Waals surface area contributed by atoms with Gasteiger partial charge in [0.25, 0.3) is 5.56 Å². The molecule has 1 aromatic carbocycles. The topological polar surface area (TPSA) is 102 Å². The molecule has 3 aromatic rings. The minimum atomic E-state index is -0.758. The summed E-state index contributed by atoms with van der Waals surface area (Å²) in [6.45, 7) is 3.13. The van der Waals surface area contributed by atoms with Crippen molar-refractivity contribution in [1.82, 2.24) is 24.6 Å². The molecular weight excluding hydrogens is 372 g/mol. The van der Waals surface area contributed by atoms with Crippen LogP contribution in [0.1, 0.15) is 24.2 Å². The lowest BCUT2D eigenvalue weighted by molar-refractivity contribution is -0.122. The maximum absolute atomic E-state index is 14.0. The first kappa shape index (κ1) is 19.2. The maximum Gasteiger partial charge on any atom is 0.328 e. The van der Waals surface area contributed by atoms with Gasteiger partial charge in [-0.25, -0.2) is 18.3 Å². The average molecular weight is 389 g/mol. The molecule has 0 fully saturated rings. The summed E-state index contributed by atoms with van der Waals surface area (Å²) in [5.74, 6) is -1.90. The number of benzene rings is 1. The molecule has 0 bridgehead atoms. The summed E-state index contributed by atoms with van der Waals surface area (Å²) in [4.78, 5) is 37.0. The molecule has 2 aromatic heterocycles. The molecule has 0 unspecified atom stereocenters. The van der Waals surface area contributed by atoms with Crippen molar-refractivity contribution in [2.45, 2.75) is 26.4 Å². The number of rotatable bonds is 5. The lowest BCUT2D eigenvalue weighted by Crippen LogP contribution is -2.36. The van der Waals surface area contributed by atoms with E-state index in [0.29, 0.717) is 11.3 Å². The second-order valence-corrected chi connectivity index (χ2v) is 6.22. The van der Waals surface area contributed by atoms with Crippen LogP contribution in [-0.2, 0) is 11.3 Å². The van der Waals surface area contributed by atoms with E-state index in [1.165, 1.54) is 23.1 Å². The van der Waals surface area contributed by atoms with Crippen LogP contribution in [0.3, 0.4) is 0 Å². The minimum Gasteiger partial charge on any atom is -0.348 e. The minimum absolute atomic E-state index is 0.0865. The van der Waals surface area contributed by atoms with Gasteiger partial charge in [0.2, 0.25) is 5.91 Å². The Morgan fingerprint density at radius 1 is 1.29 bits per heavy atom. The van der Waals surface area contributed by atoms with Gasteiger partial charge < -0.3 is 5.32 Å². The van der Waals surface area contributed by atoms with Gasteiger partial charge >= 0.3 is 5.69 Å². The summed E-state index contributed by atoms with van der Waals surface area (Å²) in [6.07, 6.45) is 2.71. The highest BCUT2D eigenvalue weighted by molar-refractivity contribution is 5.76. The van der Waals surface area contributed by atoms with Crippen LogP contribution in [-0.4, -0.2) is 25.2 Å². The molecule has 8 nitrogen and oxygen atoms in total. The average Bonchev–Trinajstić information content (AvgIpc) is 2.99. The number of hydrogen-bond donors (Lipinski definition) is 2. The van der Waals surface area contributed by atoms with Crippen molar-refractivity contribution in [1.29, 1.82) is 0 Å². The number of halogens is 2. The molecule has 0 saturated heterocycles. The zero-order valence-corrected chi connectivity index (χ0v) is 15.1. The van der Waals surface area contributed by atoms with Crippen molar-refractivity contribution in [2.75, 3.05) is 0 Å². The molecule has 0 aliphatic carbocycles. The number of nitrogens with one attached hydrogen (secondary N) is 2. The Labute approximate surface area is 157 Å². The maximum atomic E-state index is 14.0. The van der Waals surface area contributed by atoms with Gasteiger partial charge in [-0.2, -0.15) is 5.10 Å². The molecule has 0 radical (unpaired) electrons. The molecule has 146 valence electrons. The summed E-state index contributed by atoms with van der Waals surface area (Å²) in [7, 11) is 0. The van der Waals surface area contributed by atoms with Gasteiger partial charge in [0.15, 0.2) is 5.82 Å². The van der Waals surface area contributed by atoms with Crippen LogP contribution in [0.25, 0.3) is 5.69 Å². The van der Waals surface area contributed by atoms with Crippen LogP contribution in [0.2, 0.25) is 0 Å². The van der Waals surface area contributed by atoms with E-state index in [4.69, 9.17) is 0 Å². The predicted octanol–water partition coefficient (Wildman–Crippen LogP) is 1.19. The Morgan fingerprint density at radius 3 is 2.71 bits per heavy atom. The first-order valence-corrected chi connectivity index (χ1v) is 8.35. The fraction of sp³-hybridized carbons (Fsp3) is 0.222. The zero-order chi connectivity index (χ0) is 20.4. The van der Waals surface area contributed by atoms with Crippen LogP contribution < -0.4 is 16.6 Å². The zero-order valence-electron chi connectivity index (χ0n) is 15.1. The number of aromatic amines is 1. The SMILES string of the molecule is Cc1c([C@H](C)NC(=O)Cn2ccc(=O)[nH]c2=O)cnn1-c1ccc(F)cc1F. The second-order valence-electron chi connectivity index (χ2n) is 6.22. The summed E-state index contributed by atoms with van der Waals surface area (Å²) >= 11 is 0. The second kappa shape index (κ2) is 7.59. The van der Waals surface area contributed by atoms with E-state index in [9.17, 15) is 23.2 Å². The van der Waals surface area contributed by atoms with Crippen molar-refractivity contribution in [3.05, 3.63) is 80.4 Å². The van der Waals surface area contributed by atoms with E-state index in [1.54, 1.807) is 13.8 Å². The van der Waals surface area contributed by atoms with Crippen LogP contribution in [0.15, 0.2) is 46.2 Å². The molecule has 0 saturated carbocycles. The number of nitrogens with zero attached hydrogens (tertiary/aromatic N) is 3. The normalized spacial score (nSPS) is 12.0. The molecule has 3 rings (SSSR count). The van der Waals surface area contributed by atoms with E-state index in [1.807, 2.05) is 0 Å². The third-order valence-electron chi connectivity index (χ3n) is 4.24. The third-order valence-corrected chi connectivity index (χ3v) is 4.24. The number of carbonyl (C=O) groups is 1. The van der Waals surface area contributed by atoms with Gasteiger partial charge in [0.05, 0.1) is 12.2 Å². The Bertz CT molecular complexity index is 1150. The molecule has 1 amide bonds. The molecule has 0 spiro atoms. The van der Waals surface area contributed by atoms with Crippen LogP contribution in [0, 0.1) is 18.6 Å². The number of H-pyrrole nitrogens is 1. The fourth-order valence-corrected chi connectivity index (χ4v) is 2.83. The van der Waals surface area contributed by atoms with Crippen LogP contribution >= 0.6 is 0 Å². The van der Waals surface area contributed by atoms with Gasteiger partial charge in [-0.05, 0) is 26.0 Å². The summed E-state index contributed by atoms with van der Waals surface area (Å²) in [5, 5.41) is 6.84. The third kappa shape index (κ3) is 3.90. The molecule has 28 heavy (non-hydrogen) atoms. The lowest BCUT2D eigenvalue weighted by atomic mass is 10.1. The fourth-order valence-electron chi connectivity index (χ4n) is 2.83. The van der Waals surface area contributed by atoms with Crippen molar-refractivity contribution in [2.24, 2.45) is 0 Å². The molecule has 2 heterocycles. The summed E-state index contributed by atoms with van der Waals surface area (Å²) in [5.41, 5.74) is 0.0473. The number of carbonyl (C=O) groups excluding carboxylic acids is 1. The molecular formula is C18H17F2N5O3.